The molecule has 0 aromatic heterocycles. The Morgan fingerprint density at radius 1 is 1.18 bits per heavy atom. The number of amides is 1. The zero-order valence-corrected chi connectivity index (χ0v) is 14.3. The molecule has 1 unspecified atom stereocenters. The standard InChI is InChI=1S/C17H29NO4/c1-16(2,3)22-15(20)18-11-6-5-8-13(18)12-17(9-7-10-17)14(19)21-4/h13H,5-12H2,1-4H3. The predicted octanol–water partition coefficient (Wildman–Crippen LogP) is 3.51. The minimum Gasteiger partial charge on any atom is -0.469 e. The molecular formula is C17H29NO4. The summed E-state index contributed by atoms with van der Waals surface area (Å²) in [6.45, 7) is 6.36. The highest BCUT2D eigenvalue weighted by molar-refractivity contribution is 5.78. The highest BCUT2D eigenvalue weighted by atomic mass is 16.6. The number of hydrogen-bond acceptors (Lipinski definition) is 4. The third kappa shape index (κ3) is 3.73. The maximum Gasteiger partial charge on any atom is 0.410 e. The van der Waals surface area contributed by atoms with Gasteiger partial charge in [0.25, 0.3) is 0 Å². The number of rotatable bonds is 3. The predicted molar refractivity (Wildman–Crippen MR) is 83.5 cm³/mol. The first-order valence-corrected chi connectivity index (χ1v) is 8.35. The maximum absolute atomic E-state index is 12.4. The van der Waals surface area contributed by atoms with Gasteiger partial charge in [0.1, 0.15) is 5.60 Å². The van der Waals surface area contributed by atoms with Gasteiger partial charge >= 0.3 is 12.1 Å². The summed E-state index contributed by atoms with van der Waals surface area (Å²) in [6, 6.07) is 0.0861. The minimum atomic E-state index is -0.490. The van der Waals surface area contributed by atoms with Gasteiger partial charge in [-0.25, -0.2) is 4.79 Å². The van der Waals surface area contributed by atoms with E-state index < -0.39 is 5.60 Å². The van der Waals surface area contributed by atoms with Gasteiger partial charge in [-0.2, -0.15) is 0 Å². The second-order valence-corrected chi connectivity index (χ2v) is 7.65. The molecule has 2 aliphatic rings. The maximum atomic E-state index is 12.4. The summed E-state index contributed by atoms with van der Waals surface area (Å²) in [5, 5.41) is 0. The van der Waals surface area contributed by atoms with E-state index in [1.165, 1.54) is 7.11 Å². The van der Waals surface area contributed by atoms with E-state index >= 15 is 0 Å². The summed E-state index contributed by atoms with van der Waals surface area (Å²) < 4.78 is 10.5. The van der Waals surface area contributed by atoms with Crippen LogP contribution >= 0.6 is 0 Å². The van der Waals surface area contributed by atoms with Gasteiger partial charge in [0, 0.05) is 12.6 Å². The van der Waals surface area contributed by atoms with Crippen molar-refractivity contribution < 1.29 is 19.1 Å². The van der Waals surface area contributed by atoms with Gasteiger partial charge in [-0.3, -0.25) is 4.79 Å². The van der Waals surface area contributed by atoms with Crippen LogP contribution < -0.4 is 0 Å². The van der Waals surface area contributed by atoms with Crippen LogP contribution in [0.5, 0.6) is 0 Å². The van der Waals surface area contributed by atoms with Crippen molar-refractivity contribution >= 4 is 12.1 Å². The van der Waals surface area contributed by atoms with Crippen LogP contribution in [0.15, 0.2) is 0 Å². The number of likely N-dealkylation sites (tertiary alicyclic amines) is 1. The first-order valence-electron chi connectivity index (χ1n) is 8.35. The van der Waals surface area contributed by atoms with E-state index in [9.17, 15) is 9.59 Å². The monoisotopic (exact) mass is 311 g/mol. The molecule has 5 heteroatoms. The van der Waals surface area contributed by atoms with Gasteiger partial charge in [-0.15, -0.1) is 0 Å². The van der Waals surface area contributed by atoms with Crippen molar-refractivity contribution in [3.63, 3.8) is 0 Å². The minimum absolute atomic E-state index is 0.0861. The second kappa shape index (κ2) is 6.47. The summed E-state index contributed by atoms with van der Waals surface area (Å²) >= 11 is 0. The molecule has 1 atom stereocenters. The van der Waals surface area contributed by atoms with Crippen LogP contribution in [0.3, 0.4) is 0 Å². The summed E-state index contributed by atoms with van der Waals surface area (Å²) in [6.07, 6.45) is 6.31. The lowest BCUT2D eigenvalue weighted by Gasteiger charge is -2.45. The molecule has 1 aliphatic heterocycles. The van der Waals surface area contributed by atoms with Crippen LogP contribution in [-0.2, 0) is 14.3 Å². The van der Waals surface area contributed by atoms with Crippen LogP contribution in [0, 0.1) is 5.41 Å². The van der Waals surface area contributed by atoms with Gasteiger partial charge < -0.3 is 14.4 Å². The van der Waals surface area contributed by atoms with Crippen molar-refractivity contribution in [2.24, 2.45) is 5.41 Å². The molecule has 0 N–H and O–H groups in total. The third-order valence-corrected chi connectivity index (χ3v) is 4.81. The Bertz CT molecular complexity index is 423. The number of carbonyl (C=O) groups is 2. The van der Waals surface area contributed by atoms with Crippen LogP contribution in [0.4, 0.5) is 4.79 Å². The zero-order valence-electron chi connectivity index (χ0n) is 14.3. The van der Waals surface area contributed by atoms with Gasteiger partial charge in [0.15, 0.2) is 0 Å². The molecule has 1 saturated carbocycles. The number of esters is 1. The molecule has 1 saturated heterocycles. The molecule has 0 spiro atoms. The summed E-state index contributed by atoms with van der Waals surface area (Å²) in [7, 11) is 1.45. The highest BCUT2D eigenvalue weighted by Crippen LogP contribution is 2.47. The molecule has 0 radical (unpaired) electrons. The summed E-state index contributed by atoms with van der Waals surface area (Å²) in [5.41, 5.74) is -0.868. The fourth-order valence-electron chi connectivity index (χ4n) is 3.54. The van der Waals surface area contributed by atoms with E-state index in [1.54, 1.807) is 0 Å². The van der Waals surface area contributed by atoms with Gasteiger partial charge in [-0.05, 0) is 59.3 Å². The number of carbonyl (C=O) groups excluding carboxylic acids is 2. The van der Waals surface area contributed by atoms with Gasteiger partial charge in [-0.1, -0.05) is 6.42 Å². The Balaban J connectivity index is 2.06. The van der Waals surface area contributed by atoms with Crippen molar-refractivity contribution in [3.8, 4) is 0 Å². The van der Waals surface area contributed by atoms with Crippen LogP contribution in [0.25, 0.3) is 0 Å². The Morgan fingerprint density at radius 2 is 1.86 bits per heavy atom. The number of ether oxygens (including phenoxy) is 2. The summed E-state index contributed by atoms with van der Waals surface area (Å²) in [4.78, 5) is 26.4. The van der Waals surface area contributed by atoms with E-state index in [2.05, 4.69) is 0 Å². The average Bonchev–Trinajstić information content (AvgIpc) is 2.40. The molecular weight excluding hydrogens is 282 g/mol. The first kappa shape index (κ1) is 17.1. The SMILES string of the molecule is COC(=O)C1(CC2CCCCN2C(=O)OC(C)(C)C)CCC1. The molecule has 0 aromatic carbocycles. The molecule has 2 fully saturated rings. The molecule has 22 heavy (non-hydrogen) atoms. The lowest BCUT2D eigenvalue weighted by atomic mass is 9.64. The smallest absolute Gasteiger partial charge is 0.410 e. The largest absolute Gasteiger partial charge is 0.469 e. The Hall–Kier alpha value is -1.26. The number of piperidine rings is 1. The van der Waals surface area contributed by atoms with E-state index in [0.29, 0.717) is 6.42 Å². The lowest BCUT2D eigenvalue weighted by molar-refractivity contribution is -0.160. The van der Waals surface area contributed by atoms with Crippen molar-refractivity contribution in [1.82, 2.24) is 4.90 Å². The van der Waals surface area contributed by atoms with E-state index in [1.807, 2.05) is 25.7 Å². The van der Waals surface area contributed by atoms with Crippen molar-refractivity contribution in [2.75, 3.05) is 13.7 Å². The number of nitrogens with zero attached hydrogens (tertiary/aromatic N) is 1. The molecule has 5 nitrogen and oxygen atoms in total. The van der Waals surface area contributed by atoms with E-state index in [-0.39, 0.29) is 23.5 Å². The number of methoxy groups -OCH3 is 1. The topological polar surface area (TPSA) is 55.8 Å². The molecule has 1 amide bonds. The molecule has 0 bridgehead atoms. The van der Waals surface area contributed by atoms with Crippen LogP contribution in [0.2, 0.25) is 0 Å². The highest BCUT2D eigenvalue weighted by Gasteiger charge is 2.48. The summed E-state index contributed by atoms with van der Waals surface area (Å²) in [5.74, 6) is -0.117. The van der Waals surface area contributed by atoms with Crippen LogP contribution in [0.1, 0.15) is 65.7 Å². The fraction of sp³-hybridized carbons (Fsp3) is 0.882. The first-order chi connectivity index (χ1) is 10.3. The molecule has 0 aromatic rings. The van der Waals surface area contributed by atoms with Crippen molar-refractivity contribution in [3.05, 3.63) is 0 Å². The van der Waals surface area contributed by atoms with Crippen molar-refractivity contribution in [1.29, 1.82) is 0 Å². The van der Waals surface area contributed by atoms with Gasteiger partial charge in [0.05, 0.1) is 12.5 Å². The average molecular weight is 311 g/mol. The van der Waals surface area contributed by atoms with Gasteiger partial charge in [0.2, 0.25) is 0 Å². The Kier molecular flexibility index (Phi) is 5.03. The normalized spacial score (nSPS) is 24.4. The molecule has 1 aliphatic carbocycles. The van der Waals surface area contributed by atoms with E-state index in [0.717, 1.165) is 45.1 Å². The third-order valence-electron chi connectivity index (χ3n) is 4.81. The van der Waals surface area contributed by atoms with E-state index in [4.69, 9.17) is 9.47 Å². The fourth-order valence-corrected chi connectivity index (χ4v) is 3.54. The van der Waals surface area contributed by atoms with Crippen molar-refractivity contribution in [2.45, 2.75) is 77.4 Å². The molecule has 2 rings (SSSR count). The Labute approximate surface area is 133 Å². The lowest BCUT2D eigenvalue weighted by Crippen LogP contribution is -2.51. The zero-order chi connectivity index (χ0) is 16.4. The van der Waals surface area contributed by atoms with Crippen LogP contribution in [-0.4, -0.2) is 42.3 Å². The molecule has 126 valence electrons. The Morgan fingerprint density at radius 3 is 2.36 bits per heavy atom. The number of hydrogen-bond donors (Lipinski definition) is 0. The quantitative estimate of drug-likeness (QED) is 0.748. The molecule has 1 heterocycles. The second-order valence-electron chi connectivity index (χ2n) is 7.65.